The second kappa shape index (κ2) is 9.27. The first-order chi connectivity index (χ1) is 13.6. The highest BCUT2D eigenvalue weighted by Crippen LogP contribution is 2.26. The van der Waals surface area contributed by atoms with E-state index in [4.69, 9.17) is 14.2 Å². The van der Waals surface area contributed by atoms with Crippen molar-refractivity contribution in [2.75, 3.05) is 18.9 Å². The third-order valence-corrected chi connectivity index (χ3v) is 4.83. The largest absolute Gasteiger partial charge is 0.497 e. The Morgan fingerprint density at radius 3 is 2.46 bits per heavy atom. The van der Waals surface area contributed by atoms with Crippen molar-refractivity contribution in [1.29, 1.82) is 0 Å². The summed E-state index contributed by atoms with van der Waals surface area (Å²) < 4.78 is 33.1. The number of ether oxygens (including phenoxy) is 3. The molecule has 28 heavy (non-hydrogen) atoms. The maximum absolute atomic E-state index is 14.0. The standard InChI is InChI=1S/C20H20FN3O3S/c1-13-6-4-5-7-18(13)28-24-19-17(21)11-22-20(23-19)27-12-14-8-15(25-2)10-16(9-14)26-3/h4-11H,12H2,1-3H3,(H,22,23,24). The fraction of sp³-hybridized carbons (Fsp3) is 0.200. The summed E-state index contributed by atoms with van der Waals surface area (Å²) in [5.41, 5.74) is 1.89. The summed E-state index contributed by atoms with van der Waals surface area (Å²) in [4.78, 5) is 8.98. The number of rotatable bonds is 8. The molecule has 0 fully saturated rings. The Morgan fingerprint density at radius 1 is 1.07 bits per heavy atom. The van der Waals surface area contributed by atoms with Crippen molar-refractivity contribution < 1.29 is 18.6 Å². The lowest BCUT2D eigenvalue weighted by Crippen LogP contribution is -2.03. The maximum Gasteiger partial charge on any atom is 0.318 e. The van der Waals surface area contributed by atoms with Crippen LogP contribution in [0.5, 0.6) is 17.5 Å². The van der Waals surface area contributed by atoms with Crippen LogP contribution in [0.25, 0.3) is 0 Å². The van der Waals surface area contributed by atoms with Crippen LogP contribution in [0.2, 0.25) is 0 Å². The van der Waals surface area contributed by atoms with Gasteiger partial charge in [0.1, 0.15) is 18.1 Å². The Labute approximate surface area is 167 Å². The number of methoxy groups -OCH3 is 2. The number of halogens is 1. The van der Waals surface area contributed by atoms with Crippen molar-refractivity contribution in [3.05, 3.63) is 65.6 Å². The zero-order valence-electron chi connectivity index (χ0n) is 15.7. The highest BCUT2D eigenvalue weighted by Gasteiger charge is 2.10. The Hall–Kier alpha value is -3.00. The molecule has 0 radical (unpaired) electrons. The van der Waals surface area contributed by atoms with Gasteiger partial charge in [0, 0.05) is 11.0 Å². The molecule has 0 spiro atoms. The van der Waals surface area contributed by atoms with Gasteiger partial charge in [-0.3, -0.25) is 0 Å². The molecule has 2 aromatic carbocycles. The first kappa shape index (κ1) is 19.8. The summed E-state index contributed by atoms with van der Waals surface area (Å²) in [7, 11) is 3.15. The van der Waals surface area contributed by atoms with E-state index in [0.717, 1.165) is 22.2 Å². The van der Waals surface area contributed by atoms with Crippen LogP contribution < -0.4 is 18.9 Å². The third-order valence-electron chi connectivity index (χ3n) is 3.85. The number of hydrogen-bond donors (Lipinski definition) is 1. The topological polar surface area (TPSA) is 65.5 Å². The van der Waals surface area contributed by atoms with Crippen molar-refractivity contribution >= 4 is 17.8 Å². The van der Waals surface area contributed by atoms with Crippen LogP contribution in [0.1, 0.15) is 11.1 Å². The predicted molar refractivity (Wildman–Crippen MR) is 107 cm³/mol. The zero-order valence-corrected chi connectivity index (χ0v) is 16.5. The molecule has 0 saturated carbocycles. The predicted octanol–water partition coefficient (Wildman–Crippen LogP) is 4.64. The summed E-state index contributed by atoms with van der Waals surface area (Å²) in [5, 5.41) is 0. The fourth-order valence-electron chi connectivity index (χ4n) is 2.36. The average Bonchev–Trinajstić information content (AvgIpc) is 2.72. The SMILES string of the molecule is COc1cc(COc2ncc(F)c(NSc3ccccc3C)n2)cc(OC)c1. The molecule has 0 aliphatic heterocycles. The van der Waals surface area contributed by atoms with Gasteiger partial charge in [0.2, 0.25) is 0 Å². The molecule has 3 aromatic rings. The first-order valence-corrected chi connectivity index (χ1v) is 9.26. The minimum absolute atomic E-state index is 0.0569. The van der Waals surface area contributed by atoms with Crippen LogP contribution in [0.4, 0.5) is 10.2 Å². The summed E-state index contributed by atoms with van der Waals surface area (Å²) in [6, 6.07) is 13.3. The Bertz CT molecular complexity index is 933. The number of anilines is 1. The number of aromatic nitrogens is 2. The number of aryl methyl sites for hydroxylation is 1. The van der Waals surface area contributed by atoms with E-state index < -0.39 is 5.82 Å². The van der Waals surface area contributed by atoms with Gasteiger partial charge in [-0.2, -0.15) is 4.98 Å². The molecule has 0 aliphatic rings. The van der Waals surface area contributed by atoms with Gasteiger partial charge >= 0.3 is 6.01 Å². The molecule has 0 amide bonds. The van der Waals surface area contributed by atoms with E-state index in [1.165, 1.54) is 11.9 Å². The smallest absolute Gasteiger partial charge is 0.318 e. The van der Waals surface area contributed by atoms with Gasteiger partial charge in [-0.15, -0.1) is 0 Å². The second-order valence-corrected chi connectivity index (χ2v) is 6.68. The summed E-state index contributed by atoms with van der Waals surface area (Å²) in [6.45, 7) is 2.17. The minimum atomic E-state index is -0.559. The maximum atomic E-state index is 14.0. The van der Waals surface area contributed by atoms with Gasteiger partial charge in [-0.25, -0.2) is 9.37 Å². The molecule has 146 valence electrons. The molecule has 8 heteroatoms. The van der Waals surface area contributed by atoms with Crippen LogP contribution >= 0.6 is 11.9 Å². The number of nitrogens with one attached hydrogen (secondary N) is 1. The van der Waals surface area contributed by atoms with Crippen LogP contribution in [0.3, 0.4) is 0 Å². The summed E-state index contributed by atoms with van der Waals surface area (Å²) >= 11 is 1.28. The second-order valence-electron chi connectivity index (χ2n) is 5.83. The van der Waals surface area contributed by atoms with Crippen LogP contribution in [0, 0.1) is 12.7 Å². The number of benzene rings is 2. The molecule has 1 aromatic heterocycles. The van der Waals surface area contributed by atoms with Crippen molar-refractivity contribution in [2.24, 2.45) is 0 Å². The highest BCUT2D eigenvalue weighted by molar-refractivity contribution is 8.00. The molecule has 1 N–H and O–H groups in total. The van der Waals surface area contributed by atoms with Crippen molar-refractivity contribution in [2.45, 2.75) is 18.4 Å². The molecule has 3 rings (SSSR count). The Balaban J connectivity index is 1.69. The first-order valence-electron chi connectivity index (χ1n) is 8.45. The van der Waals surface area contributed by atoms with E-state index in [-0.39, 0.29) is 18.4 Å². The third kappa shape index (κ3) is 5.04. The lowest BCUT2D eigenvalue weighted by Gasteiger charge is -2.11. The normalized spacial score (nSPS) is 10.4. The Kier molecular flexibility index (Phi) is 6.54. The van der Waals surface area contributed by atoms with E-state index in [9.17, 15) is 4.39 Å². The van der Waals surface area contributed by atoms with E-state index in [0.29, 0.717) is 11.5 Å². The van der Waals surface area contributed by atoms with Crippen molar-refractivity contribution in [3.8, 4) is 17.5 Å². The summed E-state index contributed by atoms with van der Waals surface area (Å²) in [6.07, 6.45) is 1.08. The quantitative estimate of drug-likeness (QED) is 0.552. The highest BCUT2D eigenvalue weighted by atomic mass is 32.2. The fourth-order valence-corrected chi connectivity index (χ4v) is 3.09. The molecule has 1 heterocycles. The molecular formula is C20H20FN3O3S. The molecule has 0 atom stereocenters. The molecule has 0 saturated heterocycles. The van der Waals surface area contributed by atoms with Gasteiger partial charge in [-0.1, -0.05) is 18.2 Å². The molecule has 0 aliphatic carbocycles. The van der Waals surface area contributed by atoms with E-state index in [1.54, 1.807) is 20.3 Å². The molecule has 0 bridgehead atoms. The van der Waals surface area contributed by atoms with Gasteiger partial charge in [-0.05, 0) is 48.2 Å². The van der Waals surface area contributed by atoms with Crippen molar-refractivity contribution in [1.82, 2.24) is 9.97 Å². The lowest BCUT2D eigenvalue weighted by atomic mass is 10.2. The summed E-state index contributed by atoms with van der Waals surface area (Å²) in [5.74, 6) is 0.794. The van der Waals surface area contributed by atoms with E-state index in [2.05, 4.69) is 14.7 Å². The number of nitrogens with zero attached hydrogens (tertiary/aromatic N) is 2. The van der Waals surface area contributed by atoms with Crippen molar-refractivity contribution in [3.63, 3.8) is 0 Å². The van der Waals surface area contributed by atoms with Crippen LogP contribution in [0.15, 0.2) is 53.6 Å². The molecular weight excluding hydrogens is 381 g/mol. The van der Waals surface area contributed by atoms with Gasteiger partial charge in [0.05, 0.1) is 20.4 Å². The number of hydrogen-bond acceptors (Lipinski definition) is 7. The Morgan fingerprint density at radius 2 is 1.79 bits per heavy atom. The lowest BCUT2D eigenvalue weighted by molar-refractivity contribution is 0.278. The van der Waals surface area contributed by atoms with E-state index >= 15 is 0 Å². The monoisotopic (exact) mass is 401 g/mol. The average molecular weight is 401 g/mol. The minimum Gasteiger partial charge on any atom is -0.497 e. The van der Waals surface area contributed by atoms with Gasteiger partial charge < -0.3 is 18.9 Å². The van der Waals surface area contributed by atoms with Gasteiger partial charge in [0.15, 0.2) is 11.6 Å². The van der Waals surface area contributed by atoms with E-state index in [1.807, 2.05) is 43.3 Å². The zero-order chi connectivity index (χ0) is 19.9. The molecule has 6 nitrogen and oxygen atoms in total. The van der Waals surface area contributed by atoms with Gasteiger partial charge in [0.25, 0.3) is 0 Å². The molecule has 0 unspecified atom stereocenters. The van der Waals surface area contributed by atoms with Crippen LogP contribution in [-0.4, -0.2) is 24.2 Å². The van der Waals surface area contributed by atoms with Crippen LogP contribution in [-0.2, 0) is 6.61 Å².